The number of urea groups is 1. The number of ether oxygens (including phenoxy) is 2. The highest BCUT2D eigenvalue weighted by Crippen LogP contribution is 2.38. The first-order valence-corrected chi connectivity index (χ1v) is 10.8. The van der Waals surface area contributed by atoms with Gasteiger partial charge in [0.2, 0.25) is 0 Å². The summed E-state index contributed by atoms with van der Waals surface area (Å²) in [4.78, 5) is 18.3. The lowest BCUT2D eigenvalue weighted by atomic mass is 10.2. The van der Waals surface area contributed by atoms with Crippen LogP contribution in [0.3, 0.4) is 0 Å². The number of carbonyl (C=O) groups excluding carboxylic acids is 1. The number of nitrogens with one attached hydrogen (secondary N) is 1. The molecule has 0 spiro atoms. The third kappa shape index (κ3) is 5.31. The maximum atomic E-state index is 13.0. The Kier molecular flexibility index (Phi) is 7.42. The molecule has 0 bridgehead atoms. The number of likely N-dealkylation sites (N-methyl/N-ethyl adjacent to an activating group) is 1. The van der Waals surface area contributed by atoms with Crippen molar-refractivity contribution in [2.75, 3.05) is 44.7 Å². The monoisotopic (exact) mass is 423 g/mol. The number of halogens is 1. The van der Waals surface area contributed by atoms with Crippen LogP contribution >= 0.6 is 22.9 Å². The molecule has 2 heterocycles. The Labute approximate surface area is 175 Å². The van der Waals surface area contributed by atoms with Gasteiger partial charge < -0.3 is 24.6 Å². The number of nitrogens with zero attached hydrogens (tertiary/aromatic N) is 2. The number of benzene rings is 1. The Hall–Kier alpha value is -1.96. The fourth-order valence-corrected chi connectivity index (χ4v) is 3.92. The molecule has 0 saturated heterocycles. The average Bonchev–Trinajstić information content (AvgIpc) is 3.21. The van der Waals surface area contributed by atoms with Crippen molar-refractivity contribution in [2.24, 2.45) is 0 Å². The van der Waals surface area contributed by atoms with E-state index in [0.717, 1.165) is 24.5 Å². The van der Waals surface area contributed by atoms with E-state index in [1.54, 1.807) is 23.5 Å². The number of hydrogen-bond acceptors (Lipinski definition) is 5. The quantitative estimate of drug-likeness (QED) is 0.676. The van der Waals surface area contributed by atoms with Crippen LogP contribution in [0, 0.1) is 0 Å². The van der Waals surface area contributed by atoms with Crippen LogP contribution in [0.4, 0.5) is 10.5 Å². The van der Waals surface area contributed by atoms with Gasteiger partial charge in [-0.2, -0.15) is 0 Å². The van der Waals surface area contributed by atoms with Gasteiger partial charge >= 0.3 is 6.03 Å². The van der Waals surface area contributed by atoms with Crippen molar-refractivity contribution in [3.05, 3.63) is 39.5 Å². The Morgan fingerprint density at radius 1 is 1.18 bits per heavy atom. The van der Waals surface area contributed by atoms with Crippen molar-refractivity contribution in [3.8, 4) is 11.5 Å². The number of hydrogen-bond donors (Lipinski definition) is 1. The third-order valence-electron chi connectivity index (χ3n) is 4.67. The van der Waals surface area contributed by atoms with E-state index in [1.807, 2.05) is 22.4 Å². The van der Waals surface area contributed by atoms with Crippen molar-refractivity contribution in [1.29, 1.82) is 0 Å². The average molecular weight is 424 g/mol. The molecule has 3 rings (SSSR count). The van der Waals surface area contributed by atoms with Crippen LogP contribution in [-0.2, 0) is 6.54 Å². The van der Waals surface area contributed by atoms with Crippen molar-refractivity contribution >= 4 is 34.7 Å². The Balaban J connectivity index is 1.72. The van der Waals surface area contributed by atoms with E-state index in [2.05, 4.69) is 24.1 Å². The zero-order chi connectivity index (χ0) is 19.9. The van der Waals surface area contributed by atoms with E-state index in [9.17, 15) is 4.79 Å². The van der Waals surface area contributed by atoms with Gasteiger partial charge in [-0.1, -0.05) is 31.5 Å². The zero-order valence-electron chi connectivity index (χ0n) is 16.2. The van der Waals surface area contributed by atoms with Crippen LogP contribution in [0.1, 0.15) is 18.7 Å². The lowest BCUT2D eigenvalue weighted by Crippen LogP contribution is -2.40. The third-order valence-corrected chi connectivity index (χ3v) is 5.84. The number of fused-ring (bicyclic) bond motifs is 1. The van der Waals surface area contributed by atoms with Gasteiger partial charge in [0.25, 0.3) is 0 Å². The minimum atomic E-state index is -0.181. The Bertz CT molecular complexity index is 781. The number of anilines is 1. The maximum absolute atomic E-state index is 13.0. The van der Waals surface area contributed by atoms with Crippen molar-refractivity contribution in [3.63, 3.8) is 0 Å². The number of carbonyl (C=O) groups is 1. The molecule has 0 unspecified atom stereocenters. The normalized spacial score (nSPS) is 12.9. The predicted molar refractivity (Wildman–Crippen MR) is 114 cm³/mol. The number of amides is 2. The van der Waals surface area contributed by atoms with Gasteiger partial charge in [-0.05, 0) is 24.5 Å². The van der Waals surface area contributed by atoms with Gasteiger partial charge in [-0.3, -0.25) is 0 Å². The first kappa shape index (κ1) is 20.8. The van der Waals surface area contributed by atoms with E-state index in [0.29, 0.717) is 48.5 Å². The van der Waals surface area contributed by atoms with Crippen LogP contribution in [-0.4, -0.2) is 55.2 Å². The summed E-state index contributed by atoms with van der Waals surface area (Å²) < 4.78 is 11.1. The van der Waals surface area contributed by atoms with E-state index in [-0.39, 0.29) is 6.03 Å². The van der Waals surface area contributed by atoms with E-state index >= 15 is 0 Å². The number of rotatable bonds is 8. The van der Waals surface area contributed by atoms with Gasteiger partial charge in [0.15, 0.2) is 11.5 Å². The molecular weight excluding hydrogens is 398 g/mol. The summed E-state index contributed by atoms with van der Waals surface area (Å²) in [5, 5.41) is 5.39. The molecule has 0 atom stereocenters. The largest absolute Gasteiger partial charge is 0.486 e. The molecule has 1 aliphatic rings. The summed E-state index contributed by atoms with van der Waals surface area (Å²) >= 11 is 7.99. The highest BCUT2D eigenvalue weighted by atomic mass is 35.5. The molecule has 6 nitrogen and oxygen atoms in total. The van der Waals surface area contributed by atoms with Gasteiger partial charge in [0.1, 0.15) is 13.2 Å². The standard InChI is InChI=1S/C20H26ClN3O3S/c1-3-23(4-2)7-8-24(14-15-6-5-11-28-15)20(25)22-17-13-19-18(12-16(17)21)26-9-10-27-19/h5-6,11-13H,3-4,7-10,14H2,1-2H3,(H,22,25). The minimum absolute atomic E-state index is 0.181. The second-order valence-corrected chi connectivity index (χ2v) is 7.87. The lowest BCUT2D eigenvalue weighted by molar-refractivity contribution is 0.171. The van der Waals surface area contributed by atoms with Crippen LogP contribution in [0.2, 0.25) is 5.02 Å². The molecule has 0 radical (unpaired) electrons. The predicted octanol–water partition coefficient (Wildman–Crippen LogP) is 4.55. The molecule has 1 N–H and O–H groups in total. The van der Waals surface area contributed by atoms with E-state index in [4.69, 9.17) is 21.1 Å². The first-order chi connectivity index (χ1) is 13.6. The van der Waals surface area contributed by atoms with Crippen LogP contribution < -0.4 is 14.8 Å². The molecule has 2 aromatic rings. The lowest BCUT2D eigenvalue weighted by Gasteiger charge is -2.27. The summed E-state index contributed by atoms with van der Waals surface area (Å²) in [6.07, 6.45) is 0. The molecule has 1 aromatic carbocycles. The van der Waals surface area contributed by atoms with Crippen molar-refractivity contribution in [2.45, 2.75) is 20.4 Å². The highest BCUT2D eigenvalue weighted by Gasteiger charge is 2.20. The first-order valence-electron chi connectivity index (χ1n) is 9.50. The van der Waals surface area contributed by atoms with Gasteiger partial charge in [0, 0.05) is 30.1 Å². The van der Waals surface area contributed by atoms with Crippen LogP contribution in [0.25, 0.3) is 0 Å². The Morgan fingerprint density at radius 3 is 2.54 bits per heavy atom. The van der Waals surface area contributed by atoms with Crippen LogP contribution in [0.15, 0.2) is 29.6 Å². The van der Waals surface area contributed by atoms with Gasteiger partial charge in [-0.15, -0.1) is 11.3 Å². The molecule has 2 amide bonds. The molecule has 1 aliphatic heterocycles. The Morgan fingerprint density at radius 2 is 1.89 bits per heavy atom. The summed E-state index contributed by atoms with van der Waals surface area (Å²) in [5.41, 5.74) is 0.523. The zero-order valence-corrected chi connectivity index (χ0v) is 17.8. The summed E-state index contributed by atoms with van der Waals surface area (Å²) in [6, 6.07) is 7.27. The van der Waals surface area contributed by atoms with Crippen molar-refractivity contribution in [1.82, 2.24) is 9.80 Å². The van der Waals surface area contributed by atoms with Gasteiger partial charge in [0.05, 0.1) is 17.3 Å². The topological polar surface area (TPSA) is 54.0 Å². The molecule has 28 heavy (non-hydrogen) atoms. The SMILES string of the molecule is CCN(CC)CCN(Cc1cccs1)C(=O)Nc1cc2c(cc1Cl)OCCO2. The smallest absolute Gasteiger partial charge is 0.322 e. The molecule has 152 valence electrons. The van der Waals surface area contributed by atoms with E-state index in [1.165, 1.54) is 0 Å². The molecule has 8 heteroatoms. The summed E-state index contributed by atoms with van der Waals surface area (Å²) in [5.74, 6) is 1.20. The molecule has 1 aromatic heterocycles. The minimum Gasteiger partial charge on any atom is -0.486 e. The molecular formula is C20H26ClN3O3S. The molecule has 0 saturated carbocycles. The summed E-state index contributed by atoms with van der Waals surface area (Å²) in [7, 11) is 0. The van der Waals surface area contributed by atoms with E-state index < -0.39 is 0 Å². The highest BCUT2D eigenvalue weighted by molar-refractivity contribution is 7.09. The van der Waals surface area contributed by atoms with Gasteiger partial charge in [-0.25, -0.2) is 4.79 Å². The van der Waals surface area contributed by atoms with Crippen molar-refractivity contribution < 1.29 is 14.3 Å². The number of thiophene rings is 1. The fraction of sp³-hybridized carbons (Fsp3) is 0.450. The molecule has 0 aliphatic carbocycles. The van der Waals surface area contributed by atoms with Crippen LogP contribution in [0.5, 0.6) is 11.5 Å². The maximum Gasteiger partial charge on any atom is 0.322 e. The fourth-order valence-electron chi connectivity index (χ4n) is 3.00. The second-order valence-electron chi connectivity index (χ2n) is 6.43. The molecule has 0 fully saturated rings. The second kappa shape index (κ2) is 10.0. The summed E-state index contributed by atoms with van der Waals surface area (Å²) in [6.45, 7) is 9.16.